The smallest absolute Gasteiger partial charge is 0.277 e. The highest BCUT2D eigenvalue weighted by molar-refractivity contribution is 6.21. The number of barbiturate groups is 1. The Kier molecular flexibility index (Phi) is 1.42. The van der Waals surface area contributed by atoms with Gasteiger partial charge in [0.25, 0.3) is 0 Å². The maximum Gasteiger partial charge on any atom is 0.331 e. The van der Waals surface area contributed by atoms with Gasteiger partial charge in [-0.05, 0) is 25.2 Å². The fourth-order valence-corrected chi connectivity index (χ4v) is 2.23. The minimum atomic E-state index is -0.879. The summed E-state index contributed by atoms with van der Waals surface area (Å²) < 4.78 is 0. The first-order valence-corrected chi connectivity index (χ1v) is 5.25. The highest BCUT2D eigenvalue weighted by atomic mass is 16.2. The molecule has 0 radical (unpaired) electrons. The Balaban J connectivity index is 1.91. The van der Waals surface area contributed by atoms with E-state index in [-0.39, 0.29) is 11.9 Å². The van der Waals surface area contributed by atoms with Crippen LogP contribution in [0.15, 0.2) is 0 Å². The summed E-state index contributed by atoms with van der Waals surface area (Å²) in [5, 5.41) is 2.28. The lowest BCUT2D eigenvalue weighted by Crippen LogP contribution is -2.60. The van der Waals surface area contributed by atoms with Gasteiger partial charge in [-0.15, -0.1) is 0 Å². The van der Waals surface area contributed by atoms with Crippen molar-refractivity contribution in [1.29, 1.82) is 0 Å². The number of urea groups is 1. The topological polar surface area (TPSA) is 66.5 Å². The van der Waals surface area contributed by atoms with Crippen LogP contribution in [0.2, 0.25) is 0 Å². The van der Waals surface area contributed by atoms with Crippen LogP contribution in [-0.4, -0.2) is 28.8 Å². The molecule has 1 heterocycles. The van der Waals surface area contributed by atoms with E-state index in [9.17, 15) is 14.4 Å². The monoisotopic (exact) mass is 208 g/mol. The van der Waals surface area contributed by atoms with Crippen molar-refractivity contribution in [3.05, 3.63) is 0 Å². The standard InChI is InChI=1S/C10H12N2O3/c1-5-4-6(5)12-8(14)10(2-3-10)7(13)11-9(12)15/h5-6H,2-4H2,1H3,(H,11,13,15). The zero-order valence-corrected chi connectivity index (χ0v) is 8.45. The number of hydrogen-bond acceptors (Lipinski definition) is 3. The molecule has 0 aromatic carbocycles. The van der Waals surface area contributed by atoms with Gasteiger partial charge < -0.3 is 0 Å². The van der Waals surface area contributed by atoms with Crippen LogP contribution in [0.25, 0.3) is 0 Å². The van der Waals surface area contributed by atoms with Crippen molar-refractivity contribution in [3.8, 4) is 0 Å². The van der Waals surface area contributed by atoms with Crippen molar-refractivity contribution in [2.45, 2.75) is 32.2 Å². The predicted octanol–water partition coefficient (Wildman–Crippen LogP) is 0.253. The minimum absolute atomic E-state index is 0.0167. The van der Waals surface area contributed by atoms with E-state index in [0.717, 1.165) is 6.42 Å². The van der Waals surface area contributed by atoms with Gasteiger partial charge in [0, 0.05) is 6.04 Å². The summed E-state index contributed by atoms with van der Waals surface area (Å²) in [7, 11) is 0. The average Bonchev–Trinajstić information content (AvgIpc) is 3.01. The lowest BCUT2D eigenvalue weighted by atomic mass is 10.0. The number of nitrogens with one attached hydrogen (secondary N) is 1. The molecule has 1 spiro atoms. The third-order valence-corrected chi connectivity index (χ3v) is 3.65. The van der Waals surface area contributed by atoms with Crippen molar-refractivity contribution in [1.82, 2.24) is 10.2 Å². The Labute approximate surface area is 86.8 Å². The van der Waals surface area contributed by atoms with E-state index in [0.29, 0.717) is 18.8 Å². The molecule has 2 atom stereocenters. The van der Waals surface area contributed by atoms with Crippen molar-refractivity contribution >= 4 is 17.8 Å². The second-order valence-corrected chi connectivity index (χ2v) is 4.80. The molecule has 0 bridgehead atoms. The zero-order chi connectivity index (χ0) is 10.8. The first-order valence-electron chi connectivity index (χ1n) is 5.25. The van der Waals surface area contributed by atoms with Crippen LogP contribution < -0.4 is 5.32 Å². The van der Waals surface area contributed by atoms with Gasteiger partial charge in [0.1, 0.15) is 5.41 Å². The third-order valence-electron chi connectivity index (χ3n) is 3.65. The third kappa shape index (κ3) is 1.00. The number of rotatable bonds is 1. The van der Waals surface area contributed by atoms with E-state index < -0.39 is 17.4 Å². The van der Waals surface area contributed by atoms with Gasteiger partial charge in [0.05, 0.1) is 0 Å². The van der Waals surface area contributed by atoms with E-state index in [2.05, 4.69) is 5.32 Å². The molecule has 2 unspecified atom stereocenters. The van der Waals surface area contributed by atoms with Crippen LogP contribution in [0.1, 0.15) is 26.2 Å². The van der Waals surface area contributed by atoms with Crippen LogP contribution in [0.5, 0.6) is 0 Å². The first-order chi connectivity index (χ1) is 7.06. The SMILES string of the molecule is CC1CC1N1C(=O)NC(=O)C2(CC2)C1=O. The molecule has 3 rings (SSSR count). The van der Waals surface area contributed by atoms with Crippen LogP contribution in [0.4, 0.5) is 4.79 Å². The molecule has 2 saturated carbocycles. The molecule has 15 heavy (non-hydrogen) atoms. The van der Waals surface area contributed by atoms with Gasteiger partial charge in [0.15, 0.2) is 0 Å². The highest BCUT2D eigenvalue weighted by Gasteiger charge is 2.64. The maximum absolute atomic E-state index is 12.0. The second kappa shape index (κ2) is 2.40. The van der Waals surface area contributed by atoms with E-state index >= 15 is 0 Å². The lowest BCUT2D eigenvalue weighted by molar-refractivity contribution is -0.145. The lowest BCUT2D eigenvalue weighted by Gasteiger charge is -2.30. The minimum Gasteiger partial charge on any atom is -0.277 e. The molecular formula is C10H12N2O3. The normalized spacial score (nSPS) is 36.9. The number of hydrogen-bond donors (Lipinski definition) is 1. The number of imide groups is 2. The van der Waals surface area contributed by atoms with E-state index in [1.165, 1.54) is 4.90 Å². The van der Waals surface area contributed by atoms with Crippen molar-refractivity contribution in [3.63, 3.8) is 0 Å². The average molecular weight is 208 g/mol. The van der Waals surface area contributed by atoms with Crippen molar-refractivity contribution in [2.75, 3.05) is 0 Å². The second-order valence-electron chi connectivity index (χ2n) is 4.80. The molecule has 5 nitrogen and oxygen atoms in total. The summed E-state index contributed by atoms with van der Waals surface area (Å²) in [5.74, 6) is -0.295. The first kappa shape index (κ1) is 8.88. The Bertz CT molecular complexity index is 386. The fraction of sp³-hybridized carbons (Fsp3) is 0.700. The molecule has 0 aromatic heterocycles. The van der Waals surface area contributed by atoms with Gasteiger partial charge in [-0.3, -0.25) is 19.8 Å². The van der Waals surface area contributed by atoms with Gasteiger partial charge in [-0.2, -0.15) is 0 Å². The Hall–Kier alpha value is -1.39. The molecule has 3 fully saturated rings. The van der Waals surface area contributed by atoms with E-state index in [4.69, 9.17) is 0 Å². The number of nitrogens with zero attached hydrogens (tertiary/aromatic N) is 1. The molecule has 80 valence electrons. The summed E-state index contributed by atoms with van der Waals surface area (Å²) in [5.41, 5.74) is -0.879. The summed E-state index contributed by atoms with van der Waals surface area (Å²) in [6.07, 6.45) is 2.04. The molecule has 2 aliphatic carbocycles. The summed E-state index contributed by atoms with van der Waals surface area (Å²) in [4.78, 5) is 36.3. The zero-order valence-electron chi connectivity index (χ0n) is 8.45. The van der Waals surface area contributed by atoms with E-state index in [1.807, 2.05) is 6.92 Å². The Morgan fingerprint density at radius 1 is 1.33 bits per heavy atom. The van der Waals surface area contributed by atoms with Crippen LogP contribution >= 0.6 is 0 Å². The van der Waals surface area contributed by atoms with Crippen LogP contribution in [-0.2, 0) is 9.59 Å². The molecule has 1 aliphatic heterocycles. The van der Waals surface area contributed by atoms with Gasteiger partial charge >= 0.3 is 6.03 Å². The van der Waals surface area contributed by atoms with Gasteiger partial charge in [-0.25, -0.2) is 4.79 Å². The molecule has 0 aromatic rings. The quantitative estimate of drug-likeness (QED) is 0.628. The highest BCUT2D eigenvalue weighted by Crippen LogP contribution is 2.51. The molecule has 1 N–H and O–H groups in total. The fourth-order valence-electron chi connectivity index (χ4n) is 2.23. The molecule has 1 saturated heterocycles. The number of carbonyl (C=O) groups excluding carboxylic acids is 3. The molecule has 3 aliphatic rings. The number of carbonyl (C=O) groups is 3. The summed E-state index contributed by atoms with van der Waals surface area (Å²) >= 11 is 0. The summed E-state index contributed by atoms with van der Waals surface area (Å²) in [6.45, 7) is 2.00. The molecular weight excluding hydrogens is 196 g/mol. The van der Waals surface area contributed by atoms with Gasteiger partial charge in [-0.1, -0.05) is 6.92 Å². The molecule has 5 heteroatoms. The summed E-state index contributed by atoms with van der Waals surface area (Å²) in [6, 6.07) is -0.514. The van der Waals surface area contributed by atoms with Crippen molar-refractivity contribution in [2.24, 2.45) is 11.3 Å². The van der Waals surface area contributed by atoms with Crippen molar-refractivity contribution < 1.29 is 14.4 Å². The van der Waals surface area contributed by atoms with Gasteiger partial charge in [0.2, 0.25) is 11.8 Å². The van der Waals surface area contributed by atoms with E-state index in [1.54, 1.807) is 0 Å². The number of amides is 4. The maximum atomic E-state index is 12.0. The Morgan fingerprint density at radius 3 is 2.40 bits per heavy atom. The molecule has 4 amide bonds. The van der Waals surface area contributed by atoms with Crippen LogP contribution in [0, 0.1) is 11.3 Å². The Morgan fingerprint density at radius 2 is 1.93 bits per heavy atom. The predicted molar refractivity (Wildman–Crippen MR) is 49.6 cm³/mol. The largest absolute Gasteiger partial charge is 0.331 e. The van der Waals surface area contributed by atoms with Crippen LogP contribution in [0.3, 0.4) is 0 Å².